The van der Waals surface area contributed by atoms with Crippen LogP contribution in [-0.4, -0.2) is 34.2 Å². The van der Waals surface area contributed by atoms with E-state index in [4.69, 9.17) is 9.26 Å². The lowest BCUT2D eigenvalue weighted by molar-refractivity contribution is -0.149. The predicted octanol–water partition coefficient (Wildman–Crippen LogP) is 2.27. The van der Waals surface area contributed by atoms with Gasteiger partial charge in [0.15, 0.2) is 5.82 Å². The van der Waals surface area contributed by atoms with Crippen LogP contribution in [0.4, 0.5) is 0 Å². The molecule has 2 fully saturated rings. The number of hydrogen-bond donors (Lipinski definition) is 1. The van der Waals surface area contributed by atoms with Crippen molar-refractivity contribution in [2.45, 2.75) is 44.1 Å². The average molecular weight is 355 g/mol. The fourth-order valence-corrected chi connectivity index (χ4v) is 3.92. The maximum absolute atomic E-state index is 12.6. The Morgan fingerprint density at radius 3 is 2.77 bits per heavy atom. The van der Waals surface area contributed by atoms with E-state index in [0.29, 0.717) is 24.7 Å². The van der Waals surface area contributed by atoms with Crippen LogP contribution in [0.5, 0.6) is 0 Å². The van der Waals surface area contributed by atoms with Crippen LogP contribution < -0.4 is 5.32 Å². The summed E-state index contributed by atoms with van der Waals surface area (Å²) in [7, 11) is 0. The van der Waals surface area contributed by atoms with Crippen molar-refractivity contribution in [1.29, 1.82) is 0 Å². The first-order valence-corrected chi connectivity index (χ1v) is 9.04. The molecule has 26 heavy (non-hydrogen) atoms. The molecule has 0 radical (unpaired) electrons. The Bertz CT molecular complexity index is 796. The number of amides is 1. The zero-order valence-corrected chi connectivity index (χ0v) is 14.4. The maximum atomic E-state index is 12.6. The topological polar surface area (TPSA) is 94.3 Å². The van der Waals surface area contributed by atoms with Crippen molar-refractivity contribution in [3.8, 4) is 11.5 Å². The molecule has 7 nitrogen and oxygen atoms in total. The highest BCUT2D eigenvalue weighted by molar-refractivity contribution is 5.87. The third-order valence-corrected chi connectivity index (χ3v) is 5.23. The van der Waals surface area contributed by atoms with Gasteiger partial charge in [0.2, 0.25) is 5.91 Å². The molecule has 136 valence electrons. The minimum absolute atomic E-state index is 0.121. The van der Waals surface area contributed by atoms with Crippen LogP contribution in [0.3, 0.4) is 0 Å². The minimum Gasteiger partial charge on any atom is -0.458 e. The van der Waals surface area contributed by atoms with Crippen molar-refractivity contribution in [3.63, 3.8) is 0 Å². The second-order valence-corrected chi connectivity index (χ2v) is 6.93. The van der Waals surface area contributed by atoms with E-state index in [1.807, 2.05) is 30.3 Å². The number of esters is 1. The first-order valence-electron chi connectivity index (χ1n) is 9.04. The molecule has 1 aliphatic heterocycles. The zero-order chi connectivity index (χ0) is 18.0. The minimum atomic E-state index is -0.576. The number of hydrogen-bond acceptors (Lipinski definition) is 6. The predicted molar refractivity (Wildman–Crippen MR) is 91.8 cm³/mol. The lowest BCUT2D eigenvalue weighted by Gasteiger charge is -2.27. The third kappa shape index (κ3) is 3.21. The van der Waals surface area contributed by atoms with Crippen molar-refractivity contribution >= 4 is 11.9 Å². The van der Waals surface area contributed by atoms with E-state index in [9.17, 15) is 9.59 Å². The van der Waals surface area contributed by atoms with E-state index in [0.717, 1.165) is 31.2 Å². The molecule has 1 saturated carbocycles. The molecule has 1 atom stereocenters. The number of nitrogens with one attached hydrogen (secondary N) is 1. The Kier molecular flexibility index (Phi) is 4.44. The van der Waals surface area contributed by atoms with Gasteiger partial charge in [0, 0.05) is 18.5 Å². The Morgan fingerprint density at radius 1 is 1.23 bits per heavy atom. The van der Waals surface area contributed by atoms with Crippen LogP contribution in [0.2, 0.25) is 0 Å². The summed E-state index contributed by atoms with van der Waals surface area (Å²) in [5.41, 5.74) is 0.286. The molecule has 1 unspecified atom stereocenters. The molecule has 1 aromatic carbocycles. The summed E-state index contributed by atoms with van der Waals surface area (Å²) in [6, 6.07) is 9.53. The van der Waals surface area contributed by atoms with Gasteiger partial charge in [0.05, 0.1) is 12.3 Å². The Labute approximate surface area is 151 Å². The number of aromatic nitrogens is 2. The Morgan fingerprint density at radius 2 is 2.00 bits per heavy atom. The van der Waals surface area contributed by atoms with Crippen LogP contribution in [0.15, 0.2) is 34.9 Å². The zero-order valence-electron chi connectivity index (χ0n) is 14.4. The Balaban J connectivity index is 1.33. The van der Waals surface area contributed by atoms with Crippen LogP contribution in [0, 0.1) is 5.92 Å². The second-order valence-electron chi connectivity index (χ2n) is 6.93. The lowest BCUT2D eigenvalue weighted by Crippen LogP contribution is -2.43. The quantitative estimate of drug-likeness (QED) is 0.827. The largest absolute Gasteiger partial charge is 0.458 e. The summed E-state index contributed by atoms with van der Waals surface area (Å²) in [5, 5.41) is 6.85. The summed E-state index contributed by atoms with van der Waals surface area (Å²) in [6.45, 7) is 0.396. The molecular formula is C19H21N3O4. The molecule has 1 saturated heterocycles. The van der Waals surface area contributed by atoms with Gasteiger partial charge in [0.25, 0.3) is 5.89 Å². The van der Waals surface area contributed by atoms with Gasteiger partial charge in [-0.25, -0.2) is 0 Å². The summed E-state index contributed by atoms with van der Waals surface area (Å²) in [6.07, 6.45) is 4.21. The number of benzene rings is 1. The molecule has 1 aromatic heterocycles. The molecule has 2 heterocycles. The van der Waals surface area contributed by atoms with Gasteiger partial charge >= 0.3 is 5.97 Å². The molecule has 1 aliphatic carbocycles. The average Bonchev–Trinajstić information content (AvgIpc) is 3.37. The monoisotopic (exact) mass is 355 g/mol. The third-order valence-electron chi connectivity index (χ3n) is 5.23. The molecule has 0 bridgehead atoms. The van der Waals surface area contributed by atoms with E-state index in [2.05, 4.69) is 15.5 Å². The van der Waals surface area contributed by atoms with Gasteiger partial charge in [-0.05, 0) is 37.8 Å². The standard InChI is InChI=1S/C19H21N3O4/c23-16-12-14(19(25-16)9-4-5-10-19)17(24)20-11-8-15-21-18(26-22-15)13-6-2-1-3-7-13/h1-3,6-7,14H,4-5,8-12H2,(H,20,24). The van der Waals surface area contributed by atoms with Crippen molar-refractivity contribution in [3.05, 3.63) is 36.2 Å². The highest BCUT2D eigenvalue weighted by Gasteiger charge is 2.53. The molecule has 1 spiro atoms. The van der Waals surface area contributed by atoms with Crippen molar-refractivity contribution in [2.75, 3.05) is 6.54 Å². The van der Waals surface area contributed by atoms with Crippen molar-refractivity contribution in [2.24, 2.45) is 5.92 Å². The number of carbonyl (C=O) groups excluding carboxylic acids is 2. The van der Waals surface area contributed by atoms with Gasteiger partial charge in [-0.1, -0.05) is 23.4 Å². The molecule has 1 N–H and O–H groups in total. The number of nitrogens with zero attached hydrogens (tertiary/aromatic N) is 2. The number of rotatable bonds is 5. The van der Waals surface area contributed by atoms with E-state index < -0.39 is 5.60 Å². The van der Waals surface area contributed by atoms with Crippen molar-refractivity contribution in [1.82, 2.24) is 15.5 Å². The lowest BCUT2D eigenvalue weighted by atomic mass is 9.85. The van der Waals surface area contributed by atoms with Gasteiger partial charge in [0.1, 0.15) is 5.60 Å². The fraction of sp³-hybridized carbons (Fsp3) is 0.474. The molecule has 4 rings (SSSR count). The van der Waals surface area contributed by atoms with Crippen LogP contribution in [0.25, 0.3) is 11.5 Å². The normalized spacial score (nSPS) is 21.1. The van der Waals surface area contributed by atoms with E-state index in [-0.39, 0.29) is 24.2 Å². The van der Waals surface area contributed by atoms with Crippen LogP contribution >= 0.6 is 0 Å². The van der Waals surface area contributed by atoms with Gasteiger partial charge in [-0.3, -0.25) is 9.59 Å². The van der Waals surface area contributed by atoms with Crippen molar-refractivity contribution < 1.29 is 18.8 Å². The Hall–Kier alpha value is -2.70. The highest BCUT2D eigenvalue weighted by Crippen LogP contribution is 2.45. The smallest absolute Gasteiger partial charge is 0.307 e. The number of carbonyl (C=O) groups is 2. The molecular weight excluding hydrogens is 334 g/mol. The maximum Gasteiger partial charge on any atom is 0.307 e. The highest BCUT2D eigenvalue weighted by atomic mass is 16.6. The number of ether oxygens (including phenoxy) is 1. The van der Waals surface area contributed by atoms with Gasteiger partial charge in [-0.15, -0.1) is 0 Å². The first kappa shape index (κ1) is 16.8. The molecule has 1 amide bonds. The SMILES string of the molecule is O=C1CC(C(=O)NCCc2noc(-c3ccccc3)n2)C2(CCCC2)O1. The van der Waals surface area contributed by atoms with E-state index in [1.165, 1.54) is 0 Å². The summed E-state index contributed by atoms with van der Waals surface area (Å²) in [5.74, 6) is 0.231. The molecule has 2 aromatic rings. The molecule has 7 heteroatoms. The van der Waals surface area contributed by atoms with E-state index in [1.54, 1.807) is 0 Å². The van der Waals surface area contributed by atoms with Gasteiger partial charge < -0.3 is 14.6 Å². The van der Waals surface area contributed by atoms with E-state index >= 15 is 0 Å². The first-order chi connectivity index (χ1) is 12.7. The molecule has 2 aliphatic rings. The van der Waals surface area contributed by atoms with Gasteiger partial charge in [-0.2, -0.15) is 4.98 Å². The van der Waals surface area contributed by atoms with Crippen LogP contribution in [0.1, 0.15) is 37.9 Å². The summed E-state index contributed by atoms with van der Waals surface area (Å²) >= 11 is 0. The fourth-order valence-electron chi connectivity index (χ4n) is 3.92. The second kappa shape index (κ2) is 6.90. The summed E-state index contributed by atoms with van der Waals surface area (Å²) < 4.78 is 10.8. The summed E-state index contributed by atoms with van der Waals surface area (Å²) in [4.78, 5) is 28.6. The van der Waals surface area contributed by atoms with Crippen LogP contribution in [-0.2, 0) is 20.7 Å².